The third-order valence-corrected chi connectivity index (χ3v) is 7.66. The number of aromatic nitrogens is 1. The van der Waals surface area contributed by atoms with E-state index >= 15 is 0 Å². The molecule has 0 amide bonds. The van der Waals surface area contributed by atoms with Crippen LogP contribution in [-0.2, 0) is 10.2 Å². The van der Waals surface area contributed by atoms with Crippen molar-refractivity contribution in [3.05, 3.63) is 59.9 Å². The third-order valence-electron chi connectivity index (χ3n) is 7.66. The van der Waals surface area contributed by atoms with Crippen LogP contribution in [0.3, 0.4) is 0 Å². The van der Waals surface area contributed by atoms with Gasteiger partial charge in [0.2, 0.25) is 0 Å². The summed E-state index contributed by atoms with van der Waals surface area (Å²) in [7, 11) is 0. The summed E-state index contributed by atoms with van der Waals surface area (Å²) in [5, 5.41) is 0. The number of nitrogens with zero attached hydrogens (tertiary/aromatic N) is 1. The predicted molar refractivity (Wildman–Crippen MR) is 115 cm³/mol. The lowest BCUT2D eigenvalue weighted by atomic mass is 9.67. The van der Waals surface area contributed by atoms with Gasteiger partial charge in [0.05, 0.1) is 12.2 Å². The van der Waals surface area contributed by atoms with Crippen LogP contribution in [0.1, 0.15) is 81.4 Å². The van der Waals surface area contributed by atoms with Crippen LogP contribution in [0.4, 0.5) is 0 Å². The van der Waals surface area contributed by atoms with Gasteiger partial charge in [0.15, 0.2) is 0 Å². The van der Waals surface area contributed by atoms with Crippen LogP contribution in [0.25, 0.3) is 0 Å². The molecule has 1 saturated heterocycles. The molecule has 2 atom stereocenters. The molecule has 5 rings (SSSR count). The smallest absolute Gasteiger partial charge is 0.122 e. The summed E-state index contributed by atoms with van der Waals surface area (Å²) >= 11 is 0. The van der Waals surface area contributed by atoms with Crippen molar-refractivity contribution in [2.45, 2.75) is 81.1 Å². The molecule has 1 aromatic carbocycles. The predicted octanol–water partition coefficient (Wildman–Crippen LogP) is 6.18. The Labute approximate surface area is 174 Å². The molecule has 0 bridgehead atoms. The Morgan fingerprint density at radius 2 is 1.83 bits per heavy atom. The Kier molecular flexibility index (Phi) is 5.34. The van der Waals surface area contributed by atoms with Crippen LogP contribution >= 0.6 is 0 Å². The lowest BCUT2D eigenvalue weighted by Gasteiger charge is -2.46. The van der Waals surface area contributed by atoms with Gasteiger partial charge in [-0.15, -0.1) is 0 Å². The minimum Gasteiger partial charge on any atom is -0.493 e. The number of hydrogen-bond donors (Lipinski definition) is 0. The van der Waals surface area contributed by atoms with Crippen molar-refractivity contribution in [3.63, 3.8) is 0 Å². The highest BCUT2D eigenvalue weighted by Crippen LogP contribution is 2.50. The highest BCUT2D eigenvalue weighted by Gasteiger charge is 2.48. The lowest BCUT2D eigenvalue weighted by Crippen LogP contribution is -2.46. The maximum Gasteiger partial charge on any atom is 0.122 e. The molecule has 3 heterocycles. The van der Waals surface area contributed by atoms with Gasteiger partial charge in [0.1, 0.15) is 5.75 Å². The number of ether oxygens (including phenoxy) is 2. The SMILES string of the molecule is c1ccc([C@]2(CCC[C@H]3CCOc4ccccc43)CCOC3(CCCC3)C2)nc1. The molecule has 3 aliphatic rings. The number of fused-ring (bicyclic) bond motifs is 1. The van der Waals surface area contributed by atoms with Crippen LogP contribution < -0.4 is 4.74 Å². The molecule has 0 unspecified atom stereocenters. The molecule has 2 aromatic rings. The second-order valence-corrected chi connectivity index (χ2v) is 9.42. The molecule has 154 valence electrons. The standard InChI is InChI=1S/C26H33NO2/c1-2-10-23-22(9-1)21(12-18-28-23)8-7-13-25(24-11-3-6-17-27-24)16-19-29-26(20-25)14-4-5-15-26/h1-3,6,9-11,17,21H,4-5,7-8,12-16,18-20H2/t21-,25+/m0/s1. The van der Waals surface area contributed by atoms with Crippen LogP contribution in [-0.4, -0.2) is 23.8 Å². The van der Waals surface area contributed by atoms with Gasteiger partial charge < -0.3 is 9.47 Å². The van der Waals surface area contributed by atoms with Crippen LogP contribution in [0.5, 0.6) is 5.75 Å². The van der Waals surface area contributed by atoms with Crippen LogP contribution in [0, 0.1) is 0 Å². The number of rotatable bonds is 5. The van der Waals surface area contributed by atoms with E-state index in [1.165, 1.54) is 56.2 Å². The van der Waals surface area contributed by atoms with Gasteiger partial charge in [-0.25, -0.2) is 0 Å². The van der Waals surface area contributed by atoms with Crippen molar-refractivity contribution in [2.24, 2.45) is 0 Å². The van der Waals surface area contributed by atoms with Crippen LogP contribution in [0.15, 0.2) is 48.7 Å². The minimum atomic E-state index is 0.112. The molecule has 29 heavy (non-hydrogen) atoms. The highest BCUT2D eigenvalue weighted by atomic mass is 16.5. The maximum absolute atomic E-state index is 6.40. The van der Waals surface area contributed by atoms with E-state index < -0.39 is 0 Å². The summed E-state index contributed by atoms with van der Waals surface area (Å²) in [4.78, 5) is 4.85. The molecule has 2 fully saturated rings. The van der Waals surface area contributed by atoms with Crippen LogP contribution in [0.2, 0.25) is 0 Å². The van der Waals surface area contributed by atoms with Crippen molar-refractivity contribution in [1.82, 2.24) is 4.98 Å². The van der Waals surface area contributed by atoms with Crippen molar-refractivity contribution in [1.29, 1.82) is 0 Å². The Morgan fingerprint density at radius 3 is 2.69 bits per heavy atom. The summed E-state index contributed by atoms with van der Waals surface area (Å²) in [6.45, 7) is 1.74. The van der Waals surface area contributed by atoms with Crippen molar-refractivity contribution in [2.75, 3.05) is 13.2 Å². The van der Waals surface area contributed by atoms with Gasteiger partial charge in [-0.3, -0.25) is 4.98 Å². The Hall–Kier alpha value is -1.87. The number of benzene rings is 1. The fourth-order valence-corrected chi connectivity index (χ4v) is 6.20. The average molecular weight is 392 g/mol. The van der Waals surface area contributed by atoms with E-state index in [9.17, 15) is 0 Å². The zero-order valence-corrected chi connectivity index (χ0v) is 17.4. The summed E-state index contributed by atoms with van der Waals surface area (Å²) in [6, 6.07) is 15.1. The first-order chi connectivity index (χ1) is 14.3. The van der Waals surface area contributed by atoms with Gasteiger partial charge in [-0.1, -0.05) is 43.5 Å². The molecule has 3 nitrogen and oxygen atoms in total. The normalized spacial score (nSPS) is 28.1. The first-order valence-corrected chi connectivity index (χ1v) is 11.6. The first-order valence-electron chi connectivity index (χ1n) is 11.6. The fourth-order valence-electron chi connectivity index (χ4n) is 6.20. The summed E-state index contributed by atoms with van der Waals surface area (Å²) < 4.78 is 12.3. The van der Waals surface area contributed by atoms with Gasteiger partial charge >= 0.3 is 0 Å². The van der Waals surface area contributed by atoms with Gasteiger partial charge in [-0.05, 0) is 74.6 Å². The Bertz CT molecular complexity index is 814. The summed E-state index contributed by atoms with van der Waals surface area (Å²) in [5.41, 5.74) is 2.99. The van der Waals surface area contributed by atoms with E-state index in [1.807, 2.05) is 12.3 Å². The van der Waals surface area contributed by atoms with Crippen molar-refractivity contribution < 1.29 is 9.47 Å². The topological polar surface area (TPSA) is 31.4 Å². The molecule has 0 N–H and O–H groups in total. The van der Waals surface area contributed by atoms with Crippen molar-refractivity contribution in [3.8, 4) is 5.75 Å². The minimum absolute atomic E-state index is 0.112. The Morgan fingerprint density at radius 1 is 0.966 bits per heavy atom. The molecule has 0 radical (unpaired) electrons. The largest absolute Gasteiger partial charge is 0.493 e. The van der Waals surface area contributed by atoms with Crippen molar-refractivity contribution >= 4 is 0 Å². The second-order valence-electron chi connectivity index (χ2n) is 9.42. The van der Waals surface area contributed by atoms with E-state index in [1.54, 1.807) is 0 Å². The van der Waals surface area contributed by atoms with E-state index in [0.717, 1.165) is 38.2 Å². The second kappa shape index (κ2) is 8.10. The van der Waals surface area contributed by atoms with E-state index in [2.05, 4.69) is 36.4 Å². The highest BCUT2D eigenvalue weighted by molar-refractivity contribution is 5.37. The zero-order valence-electron chi connectivity index (χ0n) is 17.4. The van der Waals surface area contributed by atoms with Gasteiger partial charge in [-0.2, -0.15) is 0 Å². The first kappa shape index (κ1) is 19.1. The van der Waals surface area contributed by atoms with Gasteiger partial charge in [0.25, 0.3) is 0 Å². The fraction of sp³-hybridized carbons (Fsp3) is 0.577. The third kappa shape index (κ3) is 3.82. The molecule has 1 aliphatic carbocycles. The maximum atomic E-state index is 6.40. The number of para-hydroxylation sites is 1. The quantitative estimate of drug-likeness (QED) is 0.610. The lowest BCUT2D eigenvalue weighted by molar-refractivity contribution is -0.105. The van der Waals surface area contributed by atoms with E-state index in [-0.39, 0.29) is 11.0 Å². The Balaban J connectivity index is 1.34. The van der Waals surface area contributed by atoms with E-state index in [0.29, 0.717) is 5.92 Å². The molecular formula is C26H33NO2. The number of hydrogen-bond acceptors (Lipinski definition) is 3. The molecule has 1 spiro atoms. The molecule has 1 saturated carbocycles. The summed E-state index contributed by atoms with van der Waals surface area (Å²) in [5.74, 6) is 1.72. The molecule has 3 heteroatoms. The molecular weight excluding hydrogens is 358 g/mol. The van der Waals surface area contributed by atoms with E-state index in [4.69, 9.17) is 14.5 Å². The zero-order chi connectivity index (χ0) is 19.6. The summed E-state index contributed by atoms with van der Waals surface area (Å²) in [6.07, 6.45) is 14.2. The molecule has 2 aliphatic heterocycles. The number of pyridine rings is 1. The average Bonchev–Trinajstić information content (AvgIpc) is 3.22. The van der Waals surface area contributed by atoms with Gasteiger partial charge in [0, 0.05) is 23.9 Å². The monoisotopic (exact) mass is 391 g/mol. The molecule has 1 aromatic heterocycles.